The molecule has 0 spiro atoms. The predicted octanol–water partition coefficient (Wildman–Crippen LogP) is 2.42. The van der Waals surface area contributed by atoms with E-state index >= 15 is 0 Å². The van der Waals surface area contributed by atoms with E-state index in [0.29, 0.717) is 5.56 Å². The number of aliphatic hydroxyl groups is 1. The zero-order chi connectivity index (χ0) is 11.1. The average Bonchev–Trinajstić information content (AvgIpc) is 2.26. The van der Waals surface area contributed by atoms with Crippen molar-refractivity contribution in [3.63, 3.8) is 0 Å². The number of benzene rings is 1. The lowest BCUT2D eigenvalue weighted by Gasteiger charge is -2.01. The summed E-state index contributed by atoms with van der Waals surface area (Å²) in [6.07, 6.45) is 0. The van der Waals surface area contributed by atoms with Crippen LogP contribution in [0.5, 0.6) is 0 Å². The molecule has 0 atom stereocenters. The van der Waals surface area contributed by atoms with Crippen LogP contribution in [0.2, 0.25) is 0 Å². The molecule has 0 aliphatic rings. The Morgan fingerprint density at radius 2 is 2.27 bits per heavy atom. The van der Waals surface area contributed by atoms with Gasteiger partial charge < -0.3 is 5.11 Å². The molecule has 0 saturated carbocycles. The van der Waals surface area contributed by atoms with Crippen molar-refractivity contribution in [1.82, 2.24) is 0 Å². The number of hydrogen-bond acceptors (Lipinski definition) is 2. The van der Waals surface area contributed by atoms with E-state index in [1.54, 1.807) is 23.9 Å². The van der Waals surface area contributed by atoms with Gasteiger partial charge in [-0.3, -0.25) is 0 Å². The van der Waals surface area contributed by atoms with Crippen LogP contribution in [-0.2, 0) is 5.75 Å². The normalized spacial score (nSPS) is 9.53. The molecule has 0 saturated heterocycles. The van der Waals surface area contributed by atoms with Crippen molar-refractivity contribution >= 4 is 11.8 Å². The summed E-state index contributed by atoms with van der Waals surface area (Å²) >= 11 is 1.78. The van der Waals surface area contributed by atoms with Crippen molar-refractivity contribution < 1.29 is 9.50 Å². The smallest absolute Gasteiger partial charge is 0.138 e. The second-order valence-electron chi connectivity index (χ2n) is 2.91. The average molecular weight is 224 g/mol. The van der Waals surface area contributed by atoms with Crippen LogP contribution in [0.4, 0.5) is 4.39 Å². The van der Waals surface area contributed by atoms with Crippen molar-refractivity contribution in [2.24, 2.45) is 0 Å². The Bertz CT molecular complexity index is 379. The lowest BCUT2D eigenvalue weighted by Crippen LogP contribution is -1.88. The van der Waals surface area contributed by atoms with E-state index in [1.807, 2.05) is 0 Å². The van der Waals surface area contributed by atoms with E-state index in [2.05, 4.69) is 18.8 Å². The summed E-state index contributed by atoms with van der Waals surface area (Å²) in [5, 5.41) is 8.53. The molecule has 1 nitrogen and oxygen atoms in total. The number of halogens is 1. The van der Waals surface area contributed by atoms with E-state index in [9.17, 15) is 4.39 Å². The van der Waals surface area contributed by atoms with Gasteiger partial charge in [-0.05, 0) is 23.4 Å². The first-order valence-corrected chi connectivity index (χ1v) is 5.89. The van der Waals surface area contributed by atoms with Gasteiger partial charge in [0, 0.05) is 5.75 Å². The highest BCUT2D eigenvalue weighted by molar-refractivity contribution is 7.98. The van der Waals surface area contributed by atoms with Gasteiger partial charge in [0.25, 0.3) is 0 Å². The number of hydrogen-bond donors (Lipinski definition) is 1. The largest absolute Gasteiger partial charge is 0.384 e. The summed E-state index contributed by atoms with van der Waals surface area (Å²) in [5.74, 6) is 6.61. The third-order valence-corrected chi connectivity index (χ3v) is 2.75. The first-order valence-electron chi connectivity index (χ1n) is 4.73. The van der Waals surface area contributed by atoms with Crippen LogP contribution in [0.3, 0.4) is 0 Å². The Morgan fingerprint density at radius 3 is 2.93 bits per heavy atom. The van der Waals surface area contributed by atoms with Crippen molar-refractivity contribution in [1.29, 1.82) is 0 Å². The van der Waals surface area contributed by atoms with Gasteiger partial charge in [-0.15, -0.1) is 0 Å². The Hall–Kier alpha value is -0.980. The van der Waals surface area contributed by atoms with Gasteiger partial charge in [0.2, 0.25) is 0 Å². The molecule has 1 N–H and O–H groups in total. The van der Waals surface area contributed by atoms with Gasteiger partial charge in [0.05, 0.1) is 5.56 Å². The fourth-order valence-corrected chi connectivity index (χ4v) is 1.73. The highest BCUT2D eigenvalue weighted by Crippen LogP contribution is 2.15. The van der Waals surface area contributed by atoms with Crippen molar-refractivity contribution in [3.05, 3.63) is 35.1 Å². The lowest BCUT2D eigenvalue weighted by molar-refractivity contribution is 0.350. The fraction of sp³-hybridized carbons (Fsp3) is 0.333. The quantitative estimate of drug-likeness (QED) is 0.796. The molecule has 15 heavy (non-hydrogen) atoms. The second-order valence-corrected chi connectivity index (χ2v) is 4.19. The molecule has 0 fully saturated rings. The molecule has 0 bridgehead atoms. The van der Waals surface area contributed by atoms with Crippen LogP contribution in [0.15, 0.2) is 18.2 Å². The van der Waals surface area contributed by atoms with Crippen LogP contribution in [0, 0.1) is 17.7 Å². The maximum atomic E-state index is 13.2. The van der Waals surface area contributed by atoms with E-state index in [-0.39, 0.29) is 12.4 Å². The number of rotatable bonds is 3. The highest BCUT2D eigenvalue weighted by Gasteiger charge is 2.00. The molecule has 0 amide bonds. The summed E-state index contributed by atoms with van der Waals surface area (Å²) in [6, 6.07) is 4.93. The topological polar surface area (TPSA) is 20.2 Å². The molecule has 0 aromatic heterocycles. The molecule has 0 radical (unpaired) electrons. The van der Waals surface area contributed by atoms with Crippen LogP contribution < -0.4 is 0 Å². The van der Waals surface area contributed by atoms with Crippen LogP contribution in [0.1, 0.15) is 18.1 Å². The number of thioether (sulfide) groups is 1. The zero-order valence-electron chi connectivity index (χ0n) is 8.59. The molecule has 0 aliphatic heterocycles. The molecule has 1 aromatic rings. The minimum Gasteiger partial charge on any atom is -0.384 e. The Morgan fingerprint density at radius 1 is 1.47 bits per heavy atom. The van der Waals surface area contributed by atoms with E-state index < -0.39 is 0 Å². The van der Waals surface area contributed by atoms with Crippen LogP contribution >= 0.6 is 11.8 Å². The van der Waals surface area contributed by atoms with Crippen molar-refractivity contribution in [2.45, 2.75) is 12.7 Å². The minimum absolute atomic E-state index is 0.243. The molecule has 1 aromatic carbocycles. The van der Waals surface area contributed by atoms with E-state index in [4.69, 9.17) is 5.11 Å². The lowest BCUT2D eigenvalue weighted by atomic mass is 10.1. The molecule has 3 heteroatoms. The summed E-state index contributed by atoms with van der Waals surface area (Å²) in [5.41, 5.74) is 1.42. The summed E-state index contributed by atoms with van der Waals surface area (Å²) in [6.45, 7) is 1.84. The minimum atomic E-state index is -0.332. The monoisotopic (exact) mass is 224 g/mol. The Balaban J connectivity index is 2.85. The van der Waals surface area contributed by atoms with Crippen LogP contribution in [-0.4, -0.2) is 17.5 Å². The van der Waals surface area contributed by atoms with Gasteiger partial charge in [0.1, 0.15) is 12.4 Å². The summed E-state index contributed by atoms with van der Waals surface area (Å²) in [4.78, 5) is 0. The third-order valence-electron chi connectivity index (χ3n) is 1.81. The molecular weight excluding hydrogens is 211 g/mol. The van der Waals surface area contributed by atoms with Gasteiger partial charge >= 0.3 is 0 Å². The first-order chi connectivity index (χ1) is 7.27. The van der Waals surface area contributed by atoms with Gasteiger partial charge in [-0.1, -0.05) is 24.8 Å². The van der Waals surface area contributed by atoms with Gasteiger partial charge in [-0.25, -0.2) is 4.39 Å². The number of aliphatic hydroxyl groups excluding tert-OH is 1. The summed E-state index contributed by atoms with van der Waals surface area (Å²) < 4.78 is 13.2. The molecule has 0 heterocycles. The molecule has 80 valence electrons. The standard InChI is InChI=1S/C12H13FOS/c1-2-15-9-10-5-6-12(13)11(8-10)4-3-7-14/h5-6,8,14H,2,7,9H2,1H3. The first kappa shape index (κ1) is 12.1. The van der Waals surface area contributed by atoms with Gasteiger partial charge in [-0.2, -0.15) is 11.8 Å². The maximum Gasteiger partial charge on any atom is 0.138 e. The van der Waals surface area contributed by atoms with Crippen molar-refractivity contribution in [2.75, 3.05) is 12.4 Å². The second kappa shape index (κ2) is 6.49. The van der Waals surface area contributed by atoms with Crippen molar-refractivity contribution in [3.8, 4) is 11.8 Å². The Labute approximate surface area is 93.7 Å². The SMILES string of the molecule is CCSCc1ccc(F)c(C#CCO)c1. The van der Waals surface area contributed by atoms with Crippen LogP contribution in [0.25, 0.3) is 0 Å². The highest BCUT2D eigenvalue weighted by atomic mass is 32.2. The molecule has 0 unspecified atom stereocenters. The third kappa shape index (κ3) is 3.94. The maximum absolute atomic E-state index is 13.2. The van der Waals surface area contributed by atoms with E-state index in [1.165, 1.54) is 6.07 Å². The molecular formula is C12H13FOS. The summed E-state index contributed by atoms with van der Waals surface area (Å²) in [7, 11) is 0. The van der Waals surface area contributed by atoms with Gasteiger partial charge in [0.15, 0.2) is 0 Å². The van der Waals surface area contributed by atoms with E-state index in [0.717, 1.165) is 17.1 Å². The molecule has 1 rings (SSSR count). The fourth-order valence-electron chi connectivity index (χ4n) is 1.11. The predicted molar refractivity (Wildman–Crippen MR) is 62.2 cm³/mol. The molecule has 0 aliphatic carbocycles. The zero-order valence-corrected chi connectivity index (χ0v) is 9.40. The Kier molecular flexibility index (Phi) is 5.23.